The van der Waals surface area contributed by atoms with Gasteiger partial charge < -0.3 is 14.4 Å². The van der Waals surface area contributed by atoms with E-state index in [1.165, 1.54) is 0 Å². The van der Waals surface area contributed by atoms with Gasteiger partial charge in [0.25, 0.3) is 11.8 Å². The lowest BCUT2D eigenvalue weighted by Gasteiger charge is -2.20. The summed E-state index contributed by atoms with van der Waals surface area (Å²) >= 11 is 0. The van der Waals surface area contributed by atoms with Crippen LogP contribution in [0.1, 0.15) is 6.42 Å². The zero-order valence-corrected chi connectivity index (χ0v) is 11.9. The van der Waals surface area contributed by atoms with Crippen LogP contribution in [0.3, 0.4) is 0 Å². The van der Waals surface area contributed by atoms with Crippen LogP contribution in [0.5, 0.6) is 5.75 Å². The number of rotatable bonds is 4. The monoisotopic (exact) mass is 304 g/mol. The molecule has 1 atom stereocenters. The molecule has 2 aliphatic heterocycles. The fourth-order valence-corrected chi connectivity index (χ4v) is 2.65. The van der Waals surface area contributed by atoms with E-state index in [-0.39, 0.29) is 31.1 Å². The van der Waals surface area contributed by atoms with Crippen LogP contribution < -0.4 is 4.74 Å². The van der Waals surface area contributed by atoms with Gasteiger partial charge in [0.15, 0.2) is 13.2 Å². The van der Waals surface area contributed by atoms with Gasteiger partial charge in [0.1, 0.15) is 5.75 Å². The summed E-state index contributed by atoms with van der Waals surface area (Å²) in [5.41, 5.74) is 0. The average Bonchev–Trinajstić information content (AvgIpc) is 3.13. The highest BCUT2D eigenvalue weighted by Gasteiger charge is 2.41. The molecule has 2 saturated heterocycles. The lowest BCUT2D eigenvalue weighted by Crippen LogP contribution is -2.42. The van der Waals surface area contributed by atoms with Gasteiger partial charge in [-0.15, -0.1) is 0 Å². The Morgan fingerprint density at radius 1 is 1.27 bits per heavy atom. The summed E-state index contributed by atoms with van der Waals surface area (Å²) in [5, 5.41) is 0. The molecule has 0 spiro atoms. The summed E-state index contributed by atoms with van der Waals surface area (Å²) in [7, 11) is 0. The van der Waals surface area contributed by atoms with Gasteiger partial charge in [0.05, 0.1) is 6.04 Å². The fraction of sp³-hybridized carbons (Fsp3) is 0.400. The zero-order chi connectivity index (χ0) is 15.5. The Kier molecular flexibility index (Phi) is 3.95. The number of likely N-dealkylation sites (tertiary alicyclic amines) is 1. The summed E-state index contributed by atoms with van der Waals surface area (Å²) in [5.74, 6) is 0.126. The molecule has 2 fully saturated rings. The van der Waals surface area contributed by atoms with Crippen LogP contribution >= 0.6 is 0 Å². The molecule has 3 amide bonds. The minimum atomic E-state index is -0.621. The van der Waals surface area contributed by atoms with Crippen molar-refractivity contribution in [1.82, 2.24) is 9.80 Å². The van der Waals surface area contributed by atoms with Crippen LogP contribution in [-0.4, -0.2) is 60.1 Å². The second-order valence-electron chi connectivity index (χ2n) is 5.20. The minimum absolute atomic E-state index is 0.0604. The molecule has 0 radical (unpaired) electrons. The van der Waals surface area contributed by atoms with E-state index in [2.05, 4.69) is 0 Å². The standard InChI is InChI=1S/C15H16N2O5/c18-13(9-21-12-4-2-1-3-5-12)16-7-6-11(8-16)17-14(19)10-22-15(17)20/h1-5,11H,6-10H2. The Labute approximate surface area is 127 Å². The number of carbonyl (C=O) groups excluding carboxylic acids is 3. The molecule has 7 nitrogen and oxygen atoms in total. The van der Waals surface area contributed by atoms with Gasteiger partial charge >= 0.3 is 6.09 Å². The van der Waals surface area contributed by atoms with Gasteiger partial charge in [-0.05, 0) is 18.6 Å². The summed E-state index contributed by atoms with van der Waals surface area (Å²) in [4.78, 5) is 38.0. The van der Waals surface area contributed by atoms with E-state index < -0.39 is 6.09 Å². The van der Waals surface area contributed by atoms with Gasteiger partial charge in [-0.1, -0.05) is 18.2 Å². The average molecular weight is 304 g/mol. The number of hydrogen-bond donors (Lipinski definition) is 0. The molecule has 2 aliphatic rings. The normalized spacial score (nSPS) is 21.2. The number of amides is 3. The van der Waals surface area contributed by atoms with Crippen LogP contribution in [0.15, 0.2) is 30.3 Å². The summed E-state index contributed by atoms with van der Waals surface area (Å²) in [6, 6.07) is 8.78. The maximum Gasteiger partial charge on any atom is 0.417 e. The Hall–Kier alpha value is -2.57. The molecule has 2 heterocycles. The molecule has 0 aromatic heterocycles. The highest BCUT2D eigenvalue weighted by molar-refractivity contribution is 5.98. The first-order valence-electron chi connectivity index (χ1n) is 7.09. The van der Waals surface area contributed by atoms with E-state index in [1.54, 1.807) is 17.0 Å². The zero-order valence-electron chi connectivity index (χ0n) is 11.9. The van der Waals surface area contributed by atoms with Gasteiger partial charge in [-0.3, -0.25) is 9.59 Å². The van der Waals surface area contributed by atoms with Crippen LogP contribution in [0, 0.1) is 0 Å². The molecule has 1 aromatic rings. The van der Waals surface area contributed by atoms with Crippen LogP contribution in [0.4, 0.5) is 4.79 Å². The van der Waals surface area contributed by atoms with Crippen molar-refractivity contribution in [3.63, 3.8) is 0 Å². The molecule has 22 heavy (non-hydrogen) atoms. The number of ether oxygens (including phenoxy) is 2. The number of carbonyl (C=O) groups is 3. The predicted octanol–water partition coefficient (Wildman–Crippen LogP) is 0.645. The van der Waals surface area contributed by atoms with E-state index in [9.17, 15) is 14.4 Å². The van der Waals surface area contributed by atoms with Crippen LogP contribution in [0.2, 0.25) is 0 Å². The molecule has 7 heteroatoms. The molecular weight excluding hydrogens is 288 g/mol. The third-order valence-electron chi connectivity index (χ3n) is 3.77. The Bertz CT molecular complexity index is 573. The molecule has 1 aromatic carbocycles. The lowest BCUT2D eigenvalue weighted by molar-refractivity contribution is -0.133. The number of benzene rings is 1. The molecular formula is C15H16N2O5. The van der Waals surface area contributed by atoms with Gasteiger partial charge in [0.2, 0.25) is 0 Å². The lowest BCUT2D eigenvalue weighted by atomic mass is 10.2. The topological polar surface area (TPSA) is 76.2 Å². The summed E-state index contributed by atoms with van der Waals surface area (Å²) < 4.78 is 10.1. The maximum absolute atomic E-state index is 12.1. The largest absolute Gasteiger partial charge is 0.484 e. The third kappa shape index (κ3) is 2.88. The van der Waals surface area contributed by atoms with Gasteiger partial charge in [0, 0.05) is 13.1 Å². The highest BCUT2D eigenvalue weighted by atomic mass is 16.6. The quantitative estimate of drug-likeness (QED) is 0.816. The van der Waals surface area contributed by atoms with Crippen molar-refractivity contribution < 1.29 is 23.9 Å². The molecule has 0 aliphatic carbocycles. The Balaban J connectivity index is 1.53. The first-order valence-corrected chi connectivity index (χ1v) is 7.09. The summed E-state index contributed by atoms with van der Waals surface area (Å²) in [6.45, 7) is 0.562. The van der Waals surface area contributed by atoms with E-state index in [4.69, 9.17) is 9.47 Å². The smallest absolute Gasteiger partial charge is 0.417 e. The van der Waals surface area contributed by atoms with E-state index in [1.807, 2.05) is 18.2 Å². The van der Waals surface area contributed by atoms with Crippen molar-refractivity contribution in [1.29, 1.82) is 0 Å². The summed E-state index contributed by atoms with van der Waals surface area (Å²) in [6.07, 6.45) is -0.0531. The first-order chi connectivity index (χ1) is 10.6. The number of hydrogen-bond acceptors (Lipinski definition) is 5. The minimum Gasteiger partial charge on any atom is -0.484 e. The number of nitrogens with zero attached hydrogens (tertiary/aromatic N) is 2. The first kappa shape index (κ1) is 14.4. The third-order valence-corrected chi connectivity index (χ3v) is 3.77. The highest BCUT2D eigenvalue weighted by Crippen LogP contribution is 2.20. The van der Waals surface area contributed by atoms with Crippen molar-refractivity contribution in [2.75, 3.05) is 26.3 Å². The van der Waals surface area contributed by atoms with E-state index >= 15 is 0 Å². The molecule has 0 saturated carbocycles. The van der Waals surface area contributed by atoms with E-state index in [0.29, 0.717) is 25.3 Å². The molecule has 0 N–H and O–H groups in total. The van der Waals surface area contributed by atoms with Crippen molar-refractivity contribution >= 4 is 17.9 Å². The van der Waals surface area contributed by atoms with Crippen LogP contribution in [0.25, 0.3) is 0 Å². The van der Waals surface area contributed by atoms with Crippen molar-refractivity contribution in [3.8, 4) is 5.75 Å². The molecule has 116 valence electrons. The Morgan fingerprint density at radius 3 is 2.73 bits per heavy atom. The number of cyclic esters (lactones) is 1. The molecule has 3 rings (SSSR count). The predicted molar refractivity (Wildman–Crippen MR) is 75.1 cm³/mol. The fourth-order valence-electron chi connectivity index (χ4n) is 2.65. The van der Waals surface area contributed by atoms with Crippen molar-refractivity contribution in [3.05, 3.63) is 30.3 Å². The van der Waals surface area contributed by atoms with Crippen molar-refractivity contribution in [2.24, 2.45) is 0 Å². The van der Waals surface area contributed by atoms with Crippen LogP contribution in [-0.2, 0) is 14.3 Å². The number of imide groups is 1. The Morgan fingerprint density at radius 2 is 2.05 bits per heavy atom. The maximum atomic E-state index is 12.1. The second kappa shape index (κ2) is 6.05. The van der Waals surface area contributed by atoms with Gasteiger partial charge in [-0.2, -0.15) is 0 Å². The molecule has 1 unspecified atom stereocenters. The number of para-hydroxylation sites is 1. The van der Waals surface area contributed by atoms with E-state index in [0.717, 1.165) is 4.90 Å². The second-order valence-corrected chi connectivity index (χ2v) is 5.20. The molecule has 0 bridgehead atoms. The SMILES string of the molecule is O=C(COc1ccccc1)N1CCC(N2C(=O)COC2=O)C1. The van der Waals surface area contributed by atoms with Gasteiger partial charge in [-0.25, -0.2) is 9.69 Å². The van der Waals surface area contributed by atoms with Crippen molar-refractivity contribution in [2.45, 2.75) is 12.5 Å².